The summed E-state index contributed by atoms with van der Waals surface area (Å²) < 4.78 is 0. The zero-order valence-electron chi connectivity index (χ0n) is 34.1. The number of unbranched alkanes of at least 4 members (excludes halogenated alkanes) is 34. The molecule has 3 heteroatoms. The van der Waals surface area contributed by atoms with Crippen LogP contribution in [0.4, 0.5) is 0 Å². The van der Waals surface area contributed by atoms with Gasteiger partial charge in [-0.15, -0.1) is 0 Å². The standard InChI is InChI=1S/C46H89N3/c1-4-7-9-11-13-15-17-19-21-23-25-27-29-31-33-35-37-39-42-45-47-44(41-6-3)48-46(49-45)43-40-38-36-34-32-30-28-26-24-22-20-18-16-14-12-10-8-5-2/h4-43H2,1-3H3. The van der Waals surface area contributed by atoms with Crippen molar-refractivity contribution in [1.82, 2.24) is 15.0 Å². The van der Waals surface area contributed by atoms with Gasteiger partial charge in [-0.25, -0.2) is 15.0 Å². The molecule has 1 heterocycles. The number of nitrogens with zero attached hydrogens (tertiary/aromatic N) is 3. The molecule has 1 rings (SSSR count). The summed E-state index contributed by atoms with van der Waals surface area (Å²) in [5.74, 6) is 3.16. The lowest BCUT2D eigenvalue weighted by molar-refractivity contribution is 0.523. The summed E-state index contributed by atoms with van der Waals surface area (Å²) in [7, 11) is 0. The number of rotatable bonds is 40. The molecule has 0 spiro atoms. The molecule has 0 N–H and O–H groups in total. The fraction of sp³-hybridized carbons (Fsp3) is 0.935. The Morgan fingerprint density at radius 2 is 0.388 bits per heavy atom. The van der Waals surface area contributed by atoms with Gasteiger partial charge in [0.1, 0.15) is 17.5 Å². The van der Waals surface area contributed by atoms with Crippen LogP contribution in [0.3, 0.4) is 0 Å². The second kappa shape index (κ2) is 38.2. The minimum absolute atomic E-state index is 0.987. The van der Waals surface area contributed by atoms with E-state index in [2.05, 4.69) is 20.8 Å². The molecule has 0 amide bonds. The monoisotopic (exact) mass is 684 g/mol. The predicted molar refractivity (Wildman–Crippen MR) is 219 cm³/mol. The highest BCUT2D eigenvalue weighted by molar-refractivity contribution is 4.98. The first-order valence-corrected chi connectivity index (χ1v) is 23.0. The first-order valence-electron chi connectivity index (χ1n) is 23.0. The summed E-state index contributed by atoms with van der Waals surface area (Å²) in [6.07, 6.45) is 55.4. The van der Waals surface area contributed by atoms with E-state index in [4.69, 9.17) is 15.0 Å². The molecule has 0 saturated heterocycles. The van der Waals surface area contributed by atoms with Gasteiger partial charge in [-0.05, 0) is 19.3 Å². The third-order valence-electron chi connectivity index (χ3n) is 10.8. The van der Waals surface area contributed by atoms with Crippen molar-refractivity contribution in [3.63, 3.8) is 0 Å². The van der Waals surface area contributed by atoms with Crippen LogP contribution in [-0.2, 0) is 19.3 Å². The molecule has 49 heavy (non-hydrogen) atoms. The Labute approximate surface area is 309 Å². The van der Waals surface area contributed by atoms with E-state index in [1.165, 1.54) is 231 Å². The highest BCUT2D eigenvalue weighted by Crippen LogP contribution is 2.17. The molecule has 0 aliphatic carbocycles. The zero-order chi connectivity index (χ0) is 35.1. The molecular weight excluding hydrogens is 595 g/mol. The molecule has 0 saturated carbocycles. The summed E-state index contributed by atoms with van der Waals surface area (Å²) in [4.78, 5) is 14.6. The number of aryl methyl sites for hydroxylation is 3. The summed E-state index contributed by atoms with van der Waals surface area (Å²) in [5, 5.41) is 0. The molecule has 1 aromatic rings. The number of aromatic nitrogens is 3. The van der Waals surface area contributed by atoms with Gasteiger partial charge in [0.25, 0.3) is 0 Å². The maximum absolute atomic E-state index is 4.92. The quantitative estimate of drug-likeness (QED) is 0.0646. The van der Waals surface area contributed by atoms with Gasteiger partial charge in [0.2, 0.25) is 0 Å². The van der Waals surface area contributed by atoms with Crippen molar-refractivity contribution in [3.8, 4) is 0 Å². The van der Waals surface area contributed by atoms with E-state index in [-0.39, 0.29) is 0 Å². The second-order valence-electron chi connectivity index (χ2n) is 15.9. The average Bonchev–Trinajstić information content (AvgIpc) is 3.10. The zero-order valence-corrected chi connectivity index (χ0v) is 34.1. The highest BCUT2D eigenvalue weighted by Gasteiger charge is 2.07. The van der Waals surface area contributed by atoms with Crippen LogP contribution >= 0.6 is 0 Å². The van der Waals surface area contributed by atoms with E-state index in [1.807, 2.05) is 0 Å². The van der Waals surface area contributed by atoms with Crippen molar-refractivity contribution in [2.75, 3.05) is 0 Å². The topological polar surface area (TPSA) is 38.7 Å². The smallest absolute Gasteiger partial charge is 0.132 e. The Hall–Kier alpha value is -0.990. The molecule has 0 aliphatic heterocycles. The van der Waals surface area contributed by atoms with E-state index in [9.17, 15) is 0 Å². The molecule has 0 unspecified atom stereocenters. The molecule has 288 valence electrons. The van der Waals surface area contributed by atoms with E-state index in [0.717, 1.165) is 43.2 Å². The molecule has 0 aromatic carbocycles. The highest BCUT2D eigenvalue weighted by atomic mass is 15.0. The Morgan fingerprint density at radius 3 is 0.592 bits per heavy atom. The van der Waals surface area contributed by atoms with Gasteiger partial charge in [0, 0.05) is 19.3 Å². The molecule has 0 bridgehead atoms. The van der Waals surface area contributed by atoms with Crippen molar-refractivity contribution in [3.05, 3.63) is 17.5 Å². The van der Waals surface area contributed by atoms with E-state index >= 15 is 0 Å². The van der Waals surface area contributed by atoms with Gasteiger partial charge in [-0.3, -0.25) is 0 Å². The van der Waals surface area contributed by atoms with Crippen LogP contribution < -0.4 is 0 Å². The molecule has 0 aliphatic rings. The molecule has 3 nitrogen and oxygen atoms in total. The SMILES string of the molecule is CCCCCCCCCCCCCCCCCCCCc1nc(CCC)nc(CCCCCCCCCCCCCCCCCCCC)n1. The van der Waals surface area contributed by atoms with Gasteiger partial charge in [0.15, 0.2) is 0 Å². The number of hydrogen-bond acceptors (Lipinski definition) is 3. The summed E-state index contributed by atoms with van der Waals surface area (Å²) >= 11 is 0. The minimum Gasteiger partial charge on any atom is -0.218 e. The average molecular weight is 684 g/mol. The van der Waals surface area contributed by atoms with E-state index in [1.54, 1.807) is 0 Å². The van der Waals surface area contributed by atoms with E-state index in [0.29, 0.717) is 0 Å². The van der Waals surface area contributed by atoms with Crippen LogP contribution in [0.2, 0.25) is 0 Å². The summed E-state index contributed by atoms with van der Waals surface area (Å²) in [5.41, 5.74) is 0. The lowest BCUT2D eigenvalue weighted by atomic mass is 10.0. The van der Waals surface area contributed by atoms with Gasteiger partial charge in [-0.1, -0.05) is 239 Å². The Bertz CT molecular complexity index is 719. The maximum atomic E-state index is 4.92. The fourth-order valence-electron chi connectivity index (χ4n) is 7.45. The van der Waals surface area contributed by atoms with Gasteiger partial charge in [0.05, 0.1) is 0 Å². The third-order valence-corrected chi connectivity index (χ3v) is 10.8. The van der Waals surface area contributed by atoms with Crippen LogP contribution in [0.25, 0.3) is 0 Å². The predicted octanol–water partition coefficient (Wildman–Crippen LogP) is 16.0. The Balaban J connectivity index is 1.98. The van der Waals surface area contributed by atoms with Crippen molar-refractivity contribution < 1.29 is 0 Å². The van der Waals surface area contributed by atoms with Crippen LogP contribution in [0.15, 0.2) is 0 Å². The normalized spacial score (nSPS) is 11.6. The largest absolute Gasteiger partial charge is 0.218 e. The van der Waals surface area contributed by atoms with Gasteiger partial charge >= 0.3 is 0 Å². The molecule has 0 atom stereocenters. The molecule has 1 aromatic heterocycles. The van der Waals surface area contributed by atoms with Crippen LogP contribution in [-0.4, -0.2) is 15.0 Å². The minimum atomic E-state index is 0.987. The van der Waals surface area contributed by atoms with Crippen molar-refractivity contribution in [2.24, 2.45) is 0 Å². The first-order chi connectivity index (χ1) is 24.3. The van der Waals surface area contributed by atoms with Crippen molar-refractivity contribution in [1.29, 1.82) is 0 Å². The molecule has 0 radical (unpaired) electrons. The Kier molecular flexibility index (Phi) is 35.9. The third kappa shape index (κ3) is 32.6. The maximum Gasteiger partial charge on any atom is 0.132 e. The Morgan fingerprint density at radius 1 is 0.204 bits per heavy atom. The molecular formula is C46H89N3. The molecule has 0 fully saturated rings. The summed E-state index contributed by atoms with van der Waals surface area (Å²) in [6, 6.07) is 0. The van der Waals surface area contributed by atoms with Crippen LogP contribution in [0, 0.1) is 0 Å². The lowest BCUT2D eigenvalue weighted by Crippen LogP contribution is -2.08. The van der Waals surface area contributed by atoms with Crippen LogP contribution in [0.1, 0.15) is 276 Å². The number of hydrogen-bond donors (Lipinski definition) is 0. The van der Waals surface area contributed by atoms with Gasteiger partial charge in [-0.2, -0.15) is 0 Å². The van der Waals surface area contributed by atoms with Crippen molar-refractivity contribution in [2.45, 2.75) is 278 Å². The van der Waals surface area contributed by atoms with Crippen molar-refractivity contribution >= 4 is 0 Å². The lowest BCUT2D eigenvalue weighted by Gasteiger charge is -2.08. The first kappa shape index (κ1) is 46.0. The summed E-state index contributed by atoms with van der Waals surface area (Å²) in [6.45, 7) is 6.84. The second-order valence-corrected chi connectivity index (χ2v) is 15.9. The fourth-order valence-corrected chi connectivity index (χ4v) is 7.45. The van der Waals surface area contributed by atoms with E-state index < -0.39 is 0 Å². The van der Waals surface area contributed by atoms with Gasteiger partial charge < -0.3 is 0 Å². The van der Waals surface area contributed by atoms with Crippen LogP contribution in [0.5, 0.6) is 0 Å².